The number of sulfonamides is 1. The Morgan fingerprint density at radius 2 is 2.10 bits per heavy atom. The van der Waals surface area contributed by atoms with Crippen molar-refractivity contribution >= 4 is 10.0 Å². The highest BCUT2D eigenvalue weighted by Crippen LogP contribution is 2.20. The number of nitrogens with one attached hydrogen (secondary N) is 1. The number of hydrogen-bond acceptors (Lipinski definition) is 4. The van der Waals surface area contributed by atoms with E-state index in [-0.39, 0.29) is 6.04 Å². The first-order chi connectivity index (χ1) is 9.95. The molecule has 1 aliphatic heterocycles. The number of likely N-dealkylation sites (N-methyl/N-ethyl adjacent to an activating group) is 1. The maximum Gasteiger partial charge on any atom is 0.243 e. The van der Waals surface area contributed by atoms with E-state index in [0.717, 1.165) is 18.7 Å². The largest absolute Gasteiger partial charge is 0.313 e. The smallest absolute Gasteiger partial charge is 0.243 e. The third kappa shape index (κ3) is 3.83. The Bertz CT molecular complexity index is 574. The van der Waals surface area contributed by atoms with Crippen LogP contribution in [0.25, 0.3) is 0 Å². The molecule has 1 heterocycles. The van der Waals surface area contributed by atoms with Crippen LogP contribution in [-0.2, 0) is 16.6 Å². The fourth-order valence-corrected chi connectivity index (χ4v) is 4.05. The average Bonchev–Trinajstić information content (AvgIpc) is 2.48. The lowest BCUT2D eigenvalue weighted by molar-refractivity contribution is 0.159. The Morgan fingerprint density at radius 3 is 2.76 bits per heavy atom. The van der Waals surface area contributed by atoms with E-state index in [1.807, 2.05) is 26.1 Å². The second-order valence-electron chi connectivity index (χ2n) is 5.62. The molecule has 1 fully saturated rings. The van der Waals surface area contributed by atoms with Crippen molar-refractivity contribution in [2.24, 2.45) is 0 Å². The molecule has 2 rings (SSSR count). The second-order valence-corrected chi connectivity index (χ2v) is 7.56. The van der Waals surface area contributed by atoms with Gasteiger partial charge in [0.15, 0.2) is 0 Å². The summed E-state index contributed by atoms with van der Waals surface area (Å²) in [6.45, 7) is 7.54. The summed E-state index contributed by atoms with van der Waals surface area (Å²) in [5, 5.41) is 3.22. The number of hydrogen-bond donors (Lipinski definition) is 1. The molecule has 1 unspecified atom stereocenters. The number of piperazine rings is 1. The van der Waals surface area contributed by atoms with E-state index in [4.69, 9.17) is 0 Å². The lowest BCUT2D eigenvalue weighted by Gasteiger charge is -2.36. The third-order valence-corrected chi connectivity index (χ3v) is 5.90. The molecule has 0 amide bonds. The van der Waals surface area contributed by atoms with Crippen molar-refractivity contribution in [3.8, 4) is 0 Å². The number of benzene rings is 1. The van der Waals surface area contributed by atoms with Crippen LogP contribution >= 0.6 is 0 Å². The molecule has 0 spiro atoms. The van der Waals surface area contributed by atoms with Gasteiger partial charge in [0.1, 0.15) is 0 Å². The summed E-state index contributed by atoms with van der Waals surface area (Å²) in [7, 11) is -1.35. The molecule has 1 saturated heterocycles. The van der Waals surface area contributed by atoms with E-state index in [2.05, 4.69) is 17.1 Å². The van der Waals surface area contributed by atoms with Crippen LogP contribution in [0.3, 0.4) is 0 Å². The number of rotatable bonds is 5. The third-order valence-electron chi connectivity index (χ3n) is 4.04. The predicted octanol–water partition coefficient (Wildman–Crippen LogP) is 1.12. The van der Waals surface area contributed by atoms with Gasteiger partial charge in [-0.15, -0.1) is 0 Å². The van der Waals surface area contributed by atoms with Crippen molar-refractivity contribution < 1.29 is 8.42 Å². The van der Waals surface area contributed by atoms with E-state index in [0.29, 0.717) is 24.5 Å². The fourth-order valence-electron chi connectivity index (χ4n) is 2.47. The van der Waals surface area contributed by atoms with E-state index in [1.165, 1.54) is 0 Å². The van der Waals surface area contributed by atoms with Crippen LogP contribution in [0.2, 0.25) is 0 Å². The highest BCUT2D eigenvalue weighted by Gasteiger charge is 2.30. The molecule has 0 saturated carbocycles. The molecular formula is C15H25N3O2S. The lowest BCUT2D eigenvalue weighted by atomic mass is 10.2. The van der Waals surface area contributed by atoms with Gasteiger partial charge in [-0.2, -0.15) is 4.31 Å². The van der Waals surface area contributed by atoms with Gasteiger partial charge >= 0.3 is 0 Å². The molecule has 6 heteroatoms. The minimum atomic E-state index is -3.39. The zero-order valence-corrected chi connectivity index (χ0v) is 13.9. The van der Waals surface area contributed by atoms with E-state index in [9.17, 15) is 8.42 Å². The van der Waals surface area contributed by atoms with Gasteiger partial charge in [-0.25, -0.2) is 8.42 Å². The Hall–Kier alpha value is -0.950. The van der Waals surface area contributed by atoms with Gasteiger partial charge in [-0.1, -0.05) is 19.1 Å². The first kappa shape index (κ1) is 16.4. The Kier molecular flexibility index (Phi) is 5.37. The molecule has 118 valence electrons. The molecule has 0 bridgehead atoms. The topological polar surface area (TPSA) is 52.7 Å². The van der Waals surface area contributed by atoms with E-state index < -0.39 is 10.0 Å². The molecule has 1 N–H and O–H groups in total. The van der Waals surface area contributed by atoms with Crippen LogP contribution in [-0.4, -0.2) is 56.9 Å². The van der Waals surface area contributed by atoms with Crippen LogP contribution in [0, 0.1) is 0 Å². The summed E-state index contributed by atoms with van der Waals surface area (Å²) in [6, 6.07) is 7.49. The number of nitrogens with zero attached hydrogens (tertiary/aromatic N) is 2. The fraction of sp³-hybridized carbons (Fsp3) is 0.600. The molecule has 1 aliphatic rings. The van der Waals surface area contributed by atoms with Crippen molar-refractivity contribution in [3.63, 3.8) is 0 Å². The highest BCUT2D eigenvalue weighted by atomic mass is 32.2. The van der Waals surface area contributed by atoms with Gasteiger partial charge in [0, 0.05) is 32.2 Å². The zero-order chi connectivity index (χ0) is 15.5. The Morgan fingerprint density at radius 1 is 1.33 bits per heavy atom. The van der Waals surface area contributed by atoms with Crippen LogP contribution in [0.1, 0.15) is 19.4 Å². The summed E-state index contributed by atoms with van der Waals surface area (Å²) < 4.78 is 27.1. The molecular weight excluding hydrogens is 286 g/mol. The van der Waals surface area contributed by atoms with E-state index >= 15 is 0 Å². The average molecular weight is 311 g/mol. The van der Waals surface area contributed by atoms with Gasteiger partial charge in [0.05, 0.1) is 4.90 Å². The minimum absolute atomic E-state index is 0.249. The molecule has 1 aromatic rings. The van der Waals surface area contributed by atoms with Crippen molar-refractivity contribution in [2.75, 3.05) is 33.2 Å². The SMILES string of the molecule is CCNCc1cccc(S(=O)(=O)N2CCN(C)C(C)C2)c1. The van der Waals surface area contributed by atoms with Crippen molar-refractivity contribution in [2.45, 2.75) is 31.3 Å². The molecule has 0 radical (unpaired) electrons. The van der Waals surface area contributed by atoms with Crippen LogP contribution in [0.4, 0.5) is 0 Å². The zero-order valence-electron chi connectivity index (χ0n) is 13.0. The van der Waals surface area contributed by atoms with Crippen LogP contribution in [0.15, 0.2) is 29.2 Å². The van der Waals surface area contributed by atoms with Gasteiger partial charge in [0.25, 0.3) is 0 Å². The summed E-state index contributed by atoms with van der Waals surface area (Å²) in [5.41, 5.74) is 1.00. The van der Waals surface area contributed by atoms with Crippen molar-refractivity contribution in [1.29, 1.82) is 0 Å². The Labute approximate surface area is 128 Å². The molecule has 1 atom stereocenters. The summed E-state index contributed by atoms with van der Waals surface area (Å²) in [4.78, 5) is 2.59. The standard InChI is InChI=1S/C15H25N3O2S/c1-4-16-11-14-6-5-7-15(10-14)21(19,20)18-9-8-17(3)13(2)12-18/h5-7,10,13,16H,4,8-9,11-12H2,1-3H3. The van der Waals surface area contributed by atoms with E-state index in [1.54, 1.807) is 16.4 Å². The first-order valence-electron chi connectivity index (χ1n) is 7.45. The summed E-state index contributed by atoms with van der Waals surface area (Å²) in [5.74, 6) is 0. The highest BCUT2D eigenvalue weighted by molar-refractivity contribution is 7.89. The molecule has 0 aromatic heterocycles. The van der Waals surface area contributed by atoms with Gasteiger partial charge in [0.2, 0.25) is 10.0 Å². The maximum atomic E-state index is 12.8. The normalized spacial score (nSPS) is 21.6. The first-order valence-corrected chi connectivity index (χ1v) is 8.89. The van der Waals surface area contributed by atoms with Gasteiger partial charge < -0.3 is 10.2 Å². The molecule has 21 heavy (non-hydrogen) atoms. The van der Waals surface area contributed by atoms with Gasteiger partial charge in [-0.3, -0.25) is 0 Å². The molecule has 5 nitrogen and oxygen atoms in total. The maximum absolute atomic E-state index is 12.8. The molecule has 1 aromatic carbocycles. The lowest BCUT2D eigenvalue weighted by Crippen LogP contribution is -2.51. The summed E-state index contributed by atoms with van der Waals surface area (Å²) >= 11 is 0. The molecule has 0 aliphatic carbocycles. The van der Waals surface area contributed by atoms with Crippen LogP contribution in [0.5, 0.6) is 0 Å². The monoisotopic (exact) mass is 311 g/mol. The van der Waals surface area contributed by atoms with Crippen molar-refractivity contribution in [3.05, 3.63) is 29.8 Å². The predicted molar refractivity (Wildman–Crippen MR) is 84.7 cm³/mol. The van der Waals surface area contributed by atoms with Gasteiger partial charge in [-0.05, 0) is 38.2 Å². The van der Waals surface area contributed by atoms with Crippen molar-refractivity contribution in [1.82, 2.24) is 14.5 Å². The second kappa shape index (κ2) is 6.87. The minimum Gasteiger partial charge on any atom is -0.313 e. The Balaban J connectivity index is 2.19. The quantitative estimate of drug-likeness (QED) is 0.885. The summed E-state index contributed by atoms with van der Waals surface area (Å²) in [6.07, 6.45) is 0. The van der Waals surface area contributed by atoms with Crippen LogP contribution < -0.4 is 5.32 Å².